The molecule has 1 fully saturated rings. The molecule has 160 valence electrons. The van der Waals surface area contributed by atoms with Crippen LogP contribution < -0.4 is 9.47 Å². The second-order valence-electron chi connectivity index (χ2n) is 7.18. The number of carbonyl (C=O) groups is 2. The molecular weight excluding hydrogens is 380 g/mol. The van der Waals surface area contributed by atoms with E-state index in [9.17, 15) is 9.59 Å². The van der Waals surface area contributed by atoms with Crippen LogP contribution in [0.3, 0.4) is 0 Å². The second-order valence-corrected chi connectivity index (χ2v) is 7.18. The maximum absolute atomic E-state index is 11.1. The molecule has 0 heterocycles. The van der Waals surface area contributed by atoms with Crippen LogP contribution in [0.25, 0.3) is 5.57 Å². The number of esters is 2. The second kappa shape index (κ2) is 11.9. The van der Waals surface area contributed by atoms with Crippen LogP contribution in [0.4, 0.5) is 0 Å². The van der Waals surface area contributed by atoms with Crippen molar-refractivity contribution in [1.82, 2.24) is 0 Å². The van der Waals surface area contributed by atoms with Gasteiger partial charge in [-0.1, -0.05) is 36.3 Å². The molecule has 1 aliphatic carbocycles. The maximum Gasteiger partial charge on any atom is 0.308 e. The number of hydrogen-bond acceptors (Lipinski definition) is 5. The predicted octanol–water partition coefficient (Wildman–Crippen LogP) is 5.57. The third-order valence-corrected chi connectivity index (χ3v) is 4.62. The third kappa shape index (κ3) is 7.16. The van der Waals surface area contributed by atoms with Gasteiger partial charge in [0.1, 0.15) is 11.5 Å². The van der Waals surface area contributed by atoms with E-state index in [2.05, 4.69) is 4.74 Å². The number of benzene rings is 2. The van der Waals surface area contributed by atoms with E-state index < -0.39 is 0 Å². The van der Waals surface area contributed by atoms with E-state index >= 15 is 0 Å². The van der Waals surface area contributed by atoms with Crippen molar-refractivity contribution >= 4 is 17.5 Å². The van der Waals surface area contributed by atoms with E-state index in [0.717, 1.165) is 24.0 Å². The van der Waals surface area contributed by atoms with Crippen molar-refractivity contribution in [2.24, 2.45) is 0 Å². The normalized spacial score (nSPS) is 13.0. The highest BCUT2D eigenvalue weighted by Crippen LogP contribution is 2.36. The lowest BCUT2D eigenvalue weighted by Crippen LogP contribution is -2.03. The number of hydrogen-bond donors (Lipinski definition) is 0. The molecule has 0 saturated heterocycles. The number of ether oxygens (including phenoxy) is 3. The molecule has 0 unspecified atom stereocenters. The van der Waals surface area contributed by atoms with Gasteiger partial charge in [0.15, 0.2) is 0 Å². The van der Waals surface area contributed by atoms with E-state index in [1.165, 1.54) is 44.3 Å². The first-order valence-corrected chi connectivity index (χ1v) is 10.1. The van der Waals surface area contributed by atoms with Crippen LogP contribution in [0.2, 0.25) is 0 Å². The fourth-order valence-electron chi connectivity index (χ4n) is 3.51. The Morgan fingerprint density at radius 1 is 0.667 bits per heavy atom. The topological polar surface area (TPSA) is 61.8 Å². The fraction of sp³-hybridized carbons (Fsp3) is 0.360. The van der Waals surface area contributed by atoms with Crippen molar-refractivity contribution in [3.63, 3.8) is 0 Å². The van der Waals surface area contributed by atoms with Crippen LogP contribution in [-0.4, -0.2) is 26.2 Å². The molecule has 30 heavy (non-hydrogen) atoms. The zero-order valence-electron chi connectivity index (χ0n) is 18.2. The molecule has 2 aromatic rings. The van der Waals surface area contributed by atoms with Crippen LogP contribution in [0.15, 0.2) is 54.1 Å². The molecule has 0 amide bonds. The Morgan fingerprint density at radius 3 is 1.37 bits per heavy atom. The number of allylic oxidation sites excluding steroid dienone is 1. The molecule has 0 bridgehead atoms. The average molecular weight is 411 g/mol. The van der Waals surface area contributed by atoms with E-state index in [4.69, 9.17) is 9.47 Å². The Hall–Kier alpha value is -2.92. The molecule has 0 N–H and O–H groups in total. The van der Waals surface area contributed by atoms with Crippen molar-refractivity contribution in [3.8, 4) is 11.5 Å². The minimum atomic E-state index is -0.324. The summed E-state index contributed by atoms with van der Waals surface area (Å²) in [5.41, 5.74) is 4.87. The highest BCUT2D eigenvalue weighted by Gasteiger charge is 2.15. The first-order valence-electron chi connectivity index (χ1n) is 10.1. The first kappa shape index (κ1) is 23.4. The van der Waals surface area contributed by atoms with Crippen LogP contribution in [0.5, 0.6) is 11.5 Å². The van der Waals surface area contributed by atoms with Crippen molar-refractivity contribution in [3.05, 3.63) is 65.2 Å². The summed E-state index contributed by atoms with van der Waals surface area (Å²) in [4.78, 5) is 22.3. The third-order valence-electron chi connectivity index (χ3n) is 4.62. The summed E-state index contributed by atoms with van der Waals surface area (Å²) in [5.74, 6) is 0.443. The minimum absolute atomic E-state index is 0.324. The molecule has 1 aliphatic rings. The molecule has 5 nitrogen and oxygen atoms in total. The maximum atomic E-state index is 11.1. The van der Waals surface area contributed by atoms with Crippen LogP contribution in [0, 0.1) is 0 Å². The number of rotatable bonds is 4. The van der Waals surface area contributed by atoms with Crippen LogP contribution in [0.1, 0.15) is 57.1 Å². The van der Waals surface area contributed by atoms with Crippen molar-refractivity contribution in [2.75, 3.05) is 14.2 Å². The summed E-state index contributed by atoms with van der Waals surface area (Å²) >= 11 is 0. The lowest BCUT2D eigenvalue weighted by Gasteiger charge is -2.20. The SMILES string of the molecule is CC(=O)Oc1ccc(C(=C2CCCCC2)c2ccc(OC(C)=O)cc2)cc1.COC. The minimum Gasteiger partial charge on any atom is -0.427 e. The van der Waals surface area contributed by atoms with Gasteiger partial charge >= 0.3 is 11.9 Å². The Kier molecular flexibility index (Phi) is 9.29. The first-order chi connectivity index (χ1) is 14.4. The Labute approximate surface area is 178 Å². The van der Waals surface area contributed by atoms with Crippen molar-refractivity contribution < 1.29 is 23.8 Å². The fourth-order valence-corrected chi connectivity index (χ4v) is 3.51. The number of methoxy groups -OCH3 is 1. The molecule has 1 saturated carbocycles. The zero-order valence-corrected chi connectivity index (χ0v) is 18.2. The van der Waals surface area contributed by atoms with Gasteiger partial charge in [0.05, 0.1) is 0 Å². The average Bonchev–Trinajstić information content (AvgIpc) is 2.71. The predicted molar refractivity (Wildman–Crippen MR) is 118 cm³/mol. The molecule has 0 aliphatic heterocycles. The lowest BCUT2D eigenvalue weighted by atomic mass is 9.85. The zero-order chi connectivity index (χ0) is 21.9. The summed E-state index contributed by atoms with van der Waals surface area (Å²) in [6.45, 7) is 2.79. The van der Waals surface area contributed by atoms with Crippen LogP contribution >= 0.6 is 0 Å². The summed E-state index contributed by atoms with van der Waals surface area (Å²) in [6, 6.07) is 15.3. The Morgan fingerprint density at radius 2 is 1.03 bits per heavy atom. The highest BCUT2D eigenvalue weighted by atomic mass is 16.5. The van der Waals surface area contributed by atoms with Gasteiger partial charge in [0.25, 0.3) is 0 Å². The Bertz CT molecular complexity index is 794. The van der Waals surface area contributed by atoms with E-state index in [1.54, 1.807) is 14.2 Å². The van der Waals surface area contributed by atoms with E-state index in [1.807, 2.05) is 48.5 Å². The summed E-state index contributed by atoms with van der Waals surface area (Å²) in [6.07, 6.45) is 5.86. The van der Waals surface area contributed by atoms with Gasteiger partial charge in [-0.2, -0.15) is 0 Å². The quantitative estimate of drug-likeness (QED) is 0.487. The molecule has 2 aromatic carbocycles. The van der Waals surface area contributed by atoms with E-state index in [-0.39, 0.29) is 11.9 Å². The largest absolute Gasteiger partial charge is 0.427 e. The van der Waals surface area contributed by atoms with Gasteiger partial charge in [-0.15, -0.1) is 0 Å². The van der Waals surface area contributed by atoms with Gasteiger partial charge < -0.3 is 14.2 Å². The summed E-state index contributed by atoms with van der Waals surface area (Å²) in [7, 11) is 3.25. The van der Waals surface area contributed by atoms with Gasteiger partial charge in [0.2, 0.25) is 0 Å². The van der Waals surface area contributed by atoms with Crippen molar-refractivity contribution in [1.29, 1.82) is 0 Å². The lowest BCUT2D eigenvalue weighted by molar-refractivity contribution is -0.132. The summed E-state index contributed by atoms with van der Waals surface area (Å²) in [5, 5.41) is 0. The van der Waals surface area contributed by atoms with Gasteiger partial charge in [-0.05, 0) is 66.6 Å². The number of carbonyl (C=O) groups excluding carboxylic acids is 2. The Balaban J connectivity index is 0.00000101. The van der Waals surface area contributed by atoms with Crippen LogP contribution in [-0.2, 0) is 14.3 Å². The molecule has 5 heteroatoms. The monoisotopic (exact) mass is 410 g/mol. The van der Waals surface area contributed by atoms with Crippen molar-refractivity contribution in [2.45, 2.75) is 46.0 Å². The highest BCUT2D eigenvalue weighted by molar-refractivity contribution is 5.83. The molecule has 0 atom stereocenters. The summed E-state index contributed by atoms with van der Waals surface area (Å²) < 4.78 is 14.5. The van der Waals surface area contributed by atoms with E-state index in [0.29, 0.717) is 11.5 Å². The molecule has 0 radical (unpaired) electrons. The standard InChI is InChI=1S/C23H24O4.C2H6O/c1-16(24)26-21-12-8-19(9-13-21)23(18-6-4-3-5-7-18)20-10-14-22(15-11-20)27-17(2)25;1-3-2/h8-15H,3-7H2,1-2H3;1-2H3. The molecule has 0 spiro atoms. The molecule has 0 aromatic heterocycles. The molecular formula is C25H30O5. The van der Waals surface area contributed by atoms with Gasteiger partial charge in [-0.25, -0.2) is 0 Å². The molecule has 3 rings (SSSR count). The van der Waals surface area contributed by atoms with Gasteiger partial charge in [0, 0.05) is 28.1 Å². The van der Waals surface area contributed by atoms with Gasteiger partial charge in [-0.3, -0.25) is 9.59 Å². The smallest absolute Gasteiger partial charge is 0.308 e.